The Bertz CT molecular complexity index is 903. The van der Waals surface area contributed by atoms with Gasteiger partial charge in [0.2, 0.25) is 5.91 Å². The Hall–Kier alpha value is -2.27. The normalized spacial score (nSPS) is 17.9. The molecule has 0 atom stereocenters. The molecule has 1 amide bonds. The number of methoxy groups -OCH3 is 1. The second-order valence-electron chi connectivity index (χ2n) is 7.43. The van der Waals surface area contributed by atoms with Crippen molar-refractivity contribution in [3.63, 3.8) is 0 Å². The molecule has 4 rings (SSSR count). The Morgan fingerprint density at radius 3 is 2.70 bits per heavy atom. The molecule has 2 aromatic rings. The zero-order chi connectivity index (χ0) is 19.0. The van der Waals surface area contributed by atoms with E-state index in [1.807, 2.05) is 18.7 Å². The third kappa shape index (κ3) is 3.25. The van der Waals surface area contributed by atoms with E-state index in [1.54, 1.807) is 13.2 Å². The average Bonchev–Trinajstić information content (AvgIpc) is 3.07. The van der Waals surface area contributed by atoms with Gasteiger partial charge in [-0.2, -0.15) is 0 Å². The van der Waals surface area contributed by atoms with Crippen molar-refractivity contribution in [3.8, 4) is 5.75 Å². The largest absolute Gasteiger partial charge is 0.496 e. The number of hydrogen-bond acceptors (Lipinski definition) is 4. The van der Waals surface area contributed by atoms with Crippen LogP contribution in [0.5, 0.6) is 5.75 Å². The number of morpholine rings is 1. The third-order valence-corrected chi connectivity index (χ3v) is 5.72. The number of carbonyl (C=O) groups excluding carboxylic acids is 1. The minimum atomic E-state index is 0.0322. The summed E-state index contributed by atoms with van der Waals surface area (Å²) in [4.78, 5) is 14.5. The fourth-order valence-electron chi connectivity index (χ4n) is 4.23. The average molecular weight is 369 g/mol. The number of fused-ring (bicyclic) bond motifs is 3. The van der Waals surface area contributed by atoms with Crippen molar-refractivity contribution >= 4 is 22.4 Å². The van der Waals surface area contributed by atoms with Gasteiger partial charge in [0.1, 0.15) is 17.1 Å². The first-order valence-corrected chi connectivity index (χ1v) is 9.77. The SMILES string of the molecule is COc1c(/C(C)=C/C(=O)N2CCOCC2)cc2c3c(oc2c1C)CCCC3. The highest BCUT2D eigenvalue weighted by Crippen LogP contribution is 2.41. The lowest BCUT2D eigenvalue weighted by Crippen LogP contribution is -2.39. The summed E-state index contributed by atoms with van der Waals surface area (Å²) in [5.74, 6) is 1.94. The van der Waals surface area contributed by atoms with Crippen LogP contribution in [-0.2, 0) is 22.4 Å². The minimum Gasteiger partial charge on any atom is -0.496 e. The van der Waals surface area contributed by atoms with Gasteiger partial charge in [-0.05, 0) is 44.7 Å². The van der Waals surface area contributed by atoms with Crippen molar-refractivity contribution in [2.45, 2.75) is 39.5 Å². The molecule has 0 radical (unpaired) electrons. The maximum absolute atomic E-state index is 12.6. The van der Waals surface area contributed by atoms with E-state index in [9.17, 15) is 4.79 Å². The molecule has 2 heterocycles. The van der Waals surface area contributed by atoms with E-state index in [0.717, 1.165) is 46.6 Å². The van der Waals surface area contributed by atoms with Crippen LogP contribution in [0.2, 0.25) is 0 Å². The first kappa shape index (κ1) is 18.1. The summed E-state index contributed by atoms with van der Waals surface area (Å²) in [7, 11) is 1.68. The topological polar surface area (TPSA) is 51.9 Å². The summed E-state index contributed by atoms with van der Waals surface area (Å²) in [6.45, 7) is 6.52. The monoisotopic (exact) mass is 369 g/mol. The molecule has 0 N–H and O–H groups in total. The summed E-state index contributed by atoms with van der Waals surface area (Å²) in [5.41, 5.74) is 5.15. The maximum atomic E-state index is 12.6. The van der Waals surface area contributed by atoms with Crippen LogP contribution in [0.4, 0.5) is 0 Å². The first-order chi connectivity index (χ1) is 13.1. The predicted octanol–water partition coefficient (Wildman–Crippen LogP) is 3.89. The fourth-order valence-corrected chi connectivity index (χ4v) is 4.23. The van der Waals surface area contributed by atoms with Gasteiger partial charge in [-0.15, -0.1) is 0 Å². The van der Waals surface area contributed by atoms with Gasteiger partial charge in [0.25, 0.3) is 0 Å². The molecule has 1 aromatic heterocycles. The maximum Gasteiger partial charge on any atom is 0.247 e. The Labute approximate surface area is 159 Å². The highest BCUT2D eigenvalue weighted by atomic mass is 16.5. The molecule has 1 fully saturated rings. The van der Waals surface area contributed by atoms with Crippen LogP contribution in [-0.4, -0.2) is 44.2 Å². The van der Waals surface area contributed by atoms with Crippen molar-refractivity contribution in [2.75, 3.05) is 33.4 Å². The number of carbonyl (C=O) groups is 1. The lowest BCUT2D eigenvalue weighted by Gasteiger charge is -2.26. The van der Waals surface area contributed by atoms with Gasteiger partial charge in [-0.25, -0.2) is 0 Å². The lowest BCUT2D eigenvalue weighted by molar-refractivity contribution is -0.129. The van der Waals surface area contributed by atoms with Crippen molar-refractivity contribution in [2.24, 2.45) is 0 Å². The molecular formula is C22H27NO4. The zero-order valence-electron chi connectivity index (χ0n) is 16.4. The molecule has 144 valence electrons. The number of nitrogens with zero attached hydrogens (tertiary/aromatic N) is 1. The van der Waals surface area contributed by atoms with Crippen molar-refractivity contribution < 1.29 is 18.7 Å². The van der Waals surface area contributed by atoms with Crippen molar-refractivity contribution in [1.29, 1.82) is 0 Å². The van der Waals surface area contributed by atoms with Gasteiger partial charge in [0, 0.05) is 47.7 Å². The molecule has 1 aromatic carbocycles. The van der Waals surface area contributed by atoms with Gasteiger partial charge in [0.05, 0.1) is 20.3 Å². The van der Waals surface area contributed by atoms with E-state index < -0.39 is 0 Å². The van der Waals surface area contributed by atoms with Gasteiger partial charge < -0.3 is 18.8 Å². The quantitative estimate of drug-likeness (QED) is 0.770. The Morgan fingerprint density at radius 2 is 1.96 bits per heavy atom. The molecule has 5 nitrogen and oxygen atoms in total. The summed E-state index contributed by atoms with van der Waals surface area (Å²) in [5, 5.41) is 1.17. The fraction of sp³-hybridized carbons (Fsp3) is 0.500. The molecule has 27 heavy (non-hydrogen) atoms. The van der Waals surface area contributed by atoms with Crippen LogP contribution >= 0.6 is 0 Å². The summed E-state index contributed by atoms with van der Waals surface area (Å²) >= 11 is 0. The number of furan rings is 1. The van der Waals surface area contributed by atoms with Crippen LogP contribution in [0.25, 0.3) is 16.5 Å². The first-order valence-electron chi connectivity index (χ1n) is 9.77. The van der Waals surface area contributed by atoms with Crippen LogP contribution in [0.1, 0.15) is 42.2 Å². The van der Waals surface area contributed by atoms with Crippen molar-refractivity contribution in [3.05, 3.63) is 34.6 Å². The Morgan fingerprint density at radius 1 is 1.22 bits per heavy atom. The molecule has 0 saturated carbocycles. The molecular weight excluding hydrogens is 342 g/mol. The highest BCUT2D eigenvalue weighted by molar-refractivity contribution is 5.98. The van der Waals surface area contributed by atoms with E-state index in [1.165, 1.54) is 23.8 Å². The molecule has 2 aliphatic rings. The number of hydrogen-bond donors (Lipinski definition) is 0. The predicted molar refractivity (Wildman–Crippen MR) is 105 cm³/mol. The van der Waals surface area contributed by atoms with Crippen LogP contribution in [0.15, 0.2) is 16.6 Å². The smallest absolute Gasteiger partial charge is 0.247 e. The lowest BCUT2D eigenvalue weighted by atomic mass is 9.93. The van der Waals surface area contributed by atoms with E-state index in [-0.39, 0.29) is 5.91 Å². The zero-order valence-corrected chi connectivity index (χ0v) is 16.4. The molecule has 0 unspecified atom stereocenters. The number of allylic oxidation sites excluding steroid dienone is 1. The Balaban J connectivity index is 1.77. The molecule has 0 spiro atoms. The van der Waals surface area contributed by atoms with E-state index in [0.29, 0.717) is 26.3 Å². The minimum absolute atomic E-state index is 0.0322. The second kappa shape index (κ2) is 7.39. The van der Waals surface area contributed by atoms with Crippen LogP contribution < -0.4 is 4.74 Å². The van der Waals surface area contributed by atoms with Crippen LogP contribution in [0, 0.1) is 6.92 Å². The highest BCUT2D eigenvalue weighted by Gasteiger charge is 2.23. The number of ether oxygens (including phenoxy) is 2. The van der Waals surface area contributed by atoms with E-state index in [4.69, 9.17) is 13.9 Å². The van der Waals surface area contributed by atoms with Gasteiger partial charge >= 0.3 is 0 Å². The standard InChI is InChI=1S/C22H27NO4/c1-14(12-20(24)23-8-10-26-11-9-23)17-13-18-16-6-4-5-7-19(16)27-22(18)15(2)21(17)25-3/h12-13H,4-11H2,1-3H3/b14-12+. The van der Waals surface area contributed by atoms with Gasteiger partial charge in [-0.3, -0.25) is 4.79 Å². The third-order valence-electron chi connectivity index (χ3n) is 5.72. The number of rotatable bonds is 3. The molecule has 1 saturated heterocycles. The number of benzene rings is 1. The molecule has 1 aliphatic carbocycles. The summed E-state index contributed by atoms with van der Waals surface area (Å²) in [6.07, 6.45) is 6.17. The number of aryl methyl sites for hydroxylation is 3. The molecule has 0 bridgehead atoms. The van der Waals surface area contributed by atoms with Crippen molar-refractivity contribution in [1.82, 2.24) is 4.90 Å². The van der Waals surface area contributed by atoms with Gasteiger partial charge in [-0.1, -0.05) is 0 Å². The second-order valence-corrected chi connectivity index (χ2v) is 7.43. The van der Waals surface area contributed by atoms with Crippen LogP contribution in [0.3, 0.4) is 0 Å². The Kier molecular flexibility index (Phi) is 4.96. The van der Waals surface area contributed by atoms with Gasteiger partial charge in [0.15, 0.2) is 0 Å². The molecule has 1 aliphatic heterocycles. The summed E-state index contributed by atoms with van der Waals surface area (Å²) in [6, 6.07) is 2.15. The number of amides is 1. The molecule has 5 heteroatoms. The van der Waals surface area contributed by atoms with E-state index >= 15 is 0 Å². The summed E-state index contributed by atoms with van der Waals surface area (Å²) < 4.78 is 17.2. The van der Waals surface area contributed by atoms with E-state index in [2.05, 4.69) is 6.07 Å².